The van der Waals surface area contributed by atoms with Crippen LogP contribution >= 0.6 is 12.6 Å². The fourth-order valence-corrected chi connectivity index (χ4v) is 1.57. The number of carboxylic acids is 1. The van der Waals surface area contributed by atoms with Crippen molar-refractivity contribution in [3.05, 3.63) is 28.8 Å². The predicted octanol–water partition coefficient (Wildman–Crippen LogP) is 2.61. The molecule has 76 valence electrons. The van der Waals surface area contributed by atoms with Crippen molar-refractivity contribution in [3.8, 4) is 0 Å². The molecule has 0 aliphatic rings. The van der Waals surface area contributed by atoms with Crippen LogP contribution in [-0.2, 0) is 11.2 Å². The molecule has 0 bridgehead atoms. The van der Waals surface area contributed by atoms with E-state index in [1.807, 2.05) is 26.0 Å². The maximum absolute atomic E-state index is 10.4. The second-order valence-electron chi connectivity index (χ2n) is 3.47. The van der Waals surface area contributed by atoms with Crippen molar-refractivity contribution in [2.45, 2.75) is 31.6 Å². The number of carbonyl (C=O) groups is 1. The van der Waals surface area contributed by atoms with Crippen LogP contribution in [0.1, 0.15) is 23.1 Å². The summed E-state index contributed by atoms with van der Waals surface area (Å²) in [5, 5.41) is 8.55. The van der Waals surface area contributed by atoms with Gasteiger partial charge in [0.25, 0.3) is 0 Å². The lowest BCUT2D eigenvalue weighted by atomic mass is 10.0. The average Bonchev–Trinajstić information content (AvgIpc) is 2.10. The highest BCUT2D eigenvalue weighted by Crippen LogP contribution is 2.20. The summed E-state index contributed by atoms with van der Waals surface area (Å²) in [6, 6.07) is 4.00. The van der Waals surface area contributed by atoms with E-state index in [2.05, 4.69) is 12.6 Å². The van der Waals surface area contributed by atoms with Crippen LogP contribution < -0.4 is 0 Å². The van der Waals surface area contributed by atoms with Gasteiger partial charge in [0.2, 0.25) is 0 Å². The second kappa shape index (κ2) is 4.51. The van der Waals surface area contributed by atoms with Crippen molar-refractivity contribution < 1.29 is 9.90 Å². The van der Waals surface area contributed by atoms with Gasteiger partial charge in [0, 0.05) is 11.3 Å². The van der Waals surface area contributed by atoms with E-state index in [-0.39, 0.29) is 6.42 Å². The van der Waals surface area contributed by atoms with Gasteiger partial charge in [0.15, 0.2) is 0 Å². The highest BCUT2D eigenvalue weighted by atomic mass is 32.1. The summed E-state index contributed by atoms with van der Waals surface area (Å²) in [4.78, 5) is 11.4. The Bertz CT molecular complexity index is 335. The van der Waals surface area contributed by atoms with Crippen LogP contribution in [-0.4, -0.2) is 11.1 Å². The Morgan fingerprint density at radius 2 is 1.86 bits per heavy atom. The largest absolute Gasteiger partial charge is 0.481 e. The molecular formula is C11H14O2S. The molecule has 0 radical (unpaired) electrons. The van der Waals surface area contributed by atoms with Gasteiger partial charge >= 0.3 is 5.97 Å². The molecule has 1 N–H and O–H groups in total. The van der Waals surface area contributed by atoms with Crippen LogP contribution in [0.2, 0.25) is 0 Å². The zero-order valence-corrected chi connectivity index (χ0v) is 9.27. The first-order valence-corrected chi connectivity index (χ1v) is 4.96. The molecule has 0 unspecified atom stereocenters. The Balaban J connectivity index is 2.84. The smallest absolute Gasteiger partial charge is 0.303 e. The third-order valence-electron chi connectivity index (χ3n) is 2.18. The molecule has 3 heteroatoms. The highest BCUT2D eigenvalue weighted by molar-refractivity contribution is 7.80. The van der Waals surface area contributed by atoms with E-state index < -0.39 is 5.97 Å². The number of hydrogen-bond acceptors (Lipinski definition) is 2. The van der Waals surface area contributed by atoms with Crippen LogP contribution in [0.25, 0.3) is 0 Å². The zero-order valence-electron chi connectivity index (χ0n) is 8.37. The van der Waals surface area contributed by atoms with Crippen molar-refractivity contribution in [3.63, 3.8) is 0 Å². The van der Waals surface area contributed by atoms with E-state index in [0.717, 1.165) is 21.6 Å². The summed E-state index contributed by atoms with van der Waals surface area (Å²) < 4.78 is 0. The molecule has 0 atom stereocenters. The lowest BCUT2D eigenvalue weighted by molar-refractivity contribution is -0.136. The fraction of sp³-hybridized carbons (Fsp3) is 0.364. The molecule has 0 fully saturated rings. The number of aryl methyl sites for hydroxylation is 3. The summed E-state index contributed by atoms with van der Waals surface area (Å²) >= 11 is 4.35. The molecule has 0 saturated carbocycles. The number of thiol groups is 1. The van der Waals surface area contributed by atoms with Crippen molar-refractivity contribution in [2.75, 3.05) is 0 Å². The summed E-state index contributed by atoms with van der Waals surface area (Å²) in [6.07, 6.45) is 0.774. The number of carboxylic acid groups (broad SMARTS) is 1. The molecule has 1 rings (SSSR count). The highest BCUT2D eigenvalue weighted by Gasteiger charge is 2.03. The van der Waals surface area contributed by atoms with Gasteiger partial charge in [-0.1, -0.05) is 12.1 Å². The maximum atomic E-state index is 10.4. The summed E-state index contributed by atoms with van der Waals surface area (Å²) in [7, 11) is 0. The van der Waals surface area contributed by atoms with Gasteiger partial charge in [0.1, 0.15) is 0 Å². The van der Waals surface area contributed by atoms with Crippen molar-refractivity contribution in [1.29, 1.82) is 0 Å². The minimum Gasteiger partial charge on any atom is -0.481 e. The summed E-state index contributed by atoms with van der Waals surface area (Å²) in [5.74, 6) is -0.754. The van der Waals surface area contributed by atoms with Gasteiger partial charge in [0.05, 0.1) is 0 Å². The summed E-state index contributed by atoms with van der Waals surface area (Å²) in [6.45, 7) is 3.97. The molecule has 0 saturated heterocycles. The van der Waals surface area contributed by atoms with Crippen LogP contribution in [0, 0.1) is 13.8 Å². The molecular weight excluding hydrogens is 196 g/mol. The number of hydrogen-bond donors (Lipinski definition) is 2. The molecule has 0 aliphatic carbocycles. The third kappa shape index (κ3) is 2.77. The van der Waals surface area contributed by atoms with Crippen molar-refractivity contribution >= 4 is 18.6 Å². The first-order valence-electron chi connectivity index (χ1n) is 4.51. The molecule has 0 aromatic heterocycles. The van der Waals surface area contributed by atoms with E-state index in [9.17, 15) is 4.79 Å². The number of rotatable bonds is 3. The van der Waals surface area contributed by atoms with E-state index >= 15 is 0 Å². The minimum atomic E-state index is -0.754. The van der Waals surface area contributed by atoms with Crippen LogP contribution in [0.4, 0.5) is 0 Å². The SMILES string of the molecule is Cc1cc(CCC(=O)O)cc(C)c1S. The Morgan fingerprint density at radius 1 is 1.36 bits per heavy atom. The topological polar surface area (TPSA) is 37.3 Å². The number of aliphatic carboxylic acids is 1. The van der Waals surface area contributed by atoms with E-state index in [4.69, 9.17) is 5.11 Å². The standard InChI is InChI=1S/C11H14O2S/c1-7-5-9(3-4-10(12)13)6-8(2)11(7)14/h5-6,14H,3-4H2,1-2H3,(H,12,13). The van der Waals surface area contributed by atoms with Crippen LogP contribution in [0.3, 0.4) is 0 Å². The fourth-order valence-electron chi connectivity index (χ4n) is 1.44. The van der Waals surface area contributed by atoms with Gasteiger partial charge in [-0.2, -0.15) is 0 Å². The van der Waals surface area contributed by atoms with E-state index in [1.165, 1.54) is 0 Å². The van der Waals surface area contributed by atoms with Gasteiger partial charge in [-0.15, -0.1) is 12.6 Å². The Labute approximate surface area is 89.4 Å². The second-order valence-corrected chi connectivity index (χ2v) is 3.92. The predicted molar refractivity (Wildman–Crippen MR) is 59.1 cm³/mol. The first-order chi connectivity index (χ1) is 6.50. The molecule has 0 amide bonds. The first kappa shape index (κ1) is 11.1. The maximum Gasteiger partial charge on any atom is 0.303 e. The van der Waals surface area contributed by atoms with Gasteiger partial charge in [-0.25, -0.2) is 0 Å². The zero-order chi connectivity index (χ0) is 10.7. The molecule has 2 nitrogen and oxygen atoms in total. The molecule has 1 aromatic carbocycles. The quantitative estimate of drug-likeness (QED) is 0.752. The minimum absolute atomic E-state index is 0.185. The molecule has 1 aromatic rings. The molecule has 14 heavy (non-hydrogen) atoms. The van der Waals surface area contributed by atoms with Crippen LogP contribution in [0.5, 0.6) is 0 Å². The summed E-state index contributed by atoms with van der Waals surface area (Å²) in [5.41, 5.74) is 3.28. The normalized spacial score (nSPS) is 10.2. The van der Waals surface area contributed by atoms with E-state index in [0.29, 0.717) is 6.42 Å². The molecule has 0 heterocycles. The van der Waals surface area contributed by atoms with Crippen molar-refractivity contribution in [2.24, 2.45) is 0 Å². The van der Waals surface area contributed by atoms with Crippen LogP contribution in [0.15, 0.2) is 17.0 Å². The van der Waals surface area contributed by atoms with Gasteiger partial charge in [-0.05, 0) is 37.0 Å². The van der Waals surface area contributed by atoms with Gasteiger partial charge < -0.3 is 5.11 Å². The van der Waals surface area contributed by atoms with Gasteiger partial charge in [-0.3, -0.25) is 4.79 Å². The Kier molecular flexibility index (Phi) is 3.58. The monoisotopic (exact) mass is 210 g/mol. The Hall–Kier alpha value is -0.960. The van der Waals surface area contributed by atoms with Crippen molar-refractivity contribution in [1.82, 2.24) is 0 Å². The van der Waals surface area contributed by atoms with E-state index in [1.54, 1.807) is 0 Å². The lowest BCUT2D eigenvalue weighted by Gasteiger charge is -2.07. The molecule has 0 aliphatic heterocycles. The average molecular weight is 210 g/mol. The number of benzene rings is 1. The lowest BCUT2D eigenvalue weighted by Crippen LogP contribution is -1.98. The third-order valence-corrected chi connectivity index (χ3v) is 2.88. The Morgan fingerprint density at radius 3 is 2.29 bits per heavy atom. The molecule has 0 spiro atoms.